The van der Waals surface area contributed by atoms with Crippen molar-refractivity contribution in [2.75, 3.05) is 13.1 Å². The van der Waals surface area contributed by atoms with Gasteiger partial charge in [-0.1, -0.05) is 6.07 Å². The maximum atomic E-state index is 13.2. The zero-order valence-corrected chi connectivity index (χ0v) is 15.2. The lowest BCUT2D eigenvalue weighted by atomic mass is 9.97. The highest BCUT2D eigenvalue weighted by Crippen LogP contribution is 2.23. The summed E-state index contributed by atoms with van der Waals surface area (Å²) in [5, 5.41) is 0. The van der Waals surface area contributed by atoms with Crippen molar-refractivity contribution in [2.24, 2.45) is 5.92 Å². The van der Waals surface area contributed by atoms with Gasteiger partial charge in [-0.05, 0) is 60.8 Å². The Bertz CT molecular complexity index is 612. The standard InChI is InChI=1S/C17H21BrFNO3/c1-17(2,3)23-16(22)20-7-6-12(10-20)15(21)9-11-4-5-14(19)13(18)8-11/h4-5,8,12H,6-7,9-10H2,1-3H3. The van der Waals surface area contributed by atoms with E-state index in [2.05, 4.69) is 15.9 Å². The van der Waals surface area contributed by atoms with Crippen LogP contribution in [0.25, 0.3) is 0 Å². The molecule has 0 N–H and O–H groups in total. The Morgan fingerprint density at radius 3 is 2.70 bits per heavy atom. The van der Waals surface area contributed by atoms with Crippen molar-refractivity contribution in [3.8, 4) is 0 Å². The Balaban J connectivity index is 1.92. The van der Waals surface area contributed by atoms with E-state index in [1.165, 1.54) is 6.07 Å². The van der Waals surface area contributed by atoms with Crippen LogP contribution in [-0.4, -0.2) is 35.5 Å². The molecule has 1 amide bonds. The molecular formula is C17H21BrFNO3. The van der Waals surface area contributed by atoms with Gasteiger partial charge in [-0.2, -0.15) is 0 Å². The molecule has 0 radical (unpaired) electrons. The molecule has 1 aliphatic rings. The summed E-state index contributed by atoms with van der Waals surface area (Å²) in [5.74, 6) is -0.473. The Kier molecular flexibility index (Phi) is 5.45. The number of Topliss-reactive ketones (excluding diaryl/α,β-unsaturated/α-hetero) is 1. The van der Waals surface area contributed by atoms with Gasteiger partial charge < -0.3 is 9.64 Å². The second-order valence-corrected chi connectivity index (χ2v) is 7.66. The quantitative estimate of drug-likeness (QED) is 0.790. The van der Waals surface area contributed by atoms with Crippen LogP contribution in [0, 0.1) is 11.7 Å². The average Bonchev–Trinajstić information content (AvgIpc) is 2.91. The highest BCUT2D eigenvalue weighted by Gasteiger charge is 2.33. The number of ketones is 1. The van der Waals surface area contributed by atoms with E-state index in [4.69, 9.17) is 4.74 Å². The summed E-state index contributed by atoms with van der Waals surface area (Å²) < 4.78 is 18.9. The molecule has 0 aromatic heterocycles. The predicted octanol–water partition coefficient (Wildman–Crippen LogP) is 3.96. The lowest BCUT2D eigenvalue weighted by molar-refractivity contribution is -0.121. The molecule has 0 saturated carbocycles. The fraction of sp³-hybridized carbons (Fsp3) is 0.529. The van der Waals surface area contributed by atoms with Crippen LogP contribution in [0.15, 0.2) is 22.7 Å². The summed E-state index contributed by atoms with van der Waals surface area (Å²) in [7, 11) is 0. The van der Waals surface area contributed by atoms with E-state index in [-0.39, 0.29) is 30.0 Å². The van der Waals surface area contributed by atoms with Crippen LogP contribution in [0.1, 0.15) is 32.8 Å². The van der Waals surface area contributed by atoms with Crippen molar-refractivity contribution in [3.05, 3.63) is 34.1 Å². The number of halogens is 2. The minimum absolute atomic E-state index is 0.0644. The fourth-order valence-electron chi connectivity index (χ4n) is 2.51. The van der Waals surface area contributed by atoms with Crippen LogP contribution in [0.3, 0.4) is 0 Å². The van der Waals surface area contributed by atoms with Crippen molar-refractivity contribution in [1.82, 2.24) is 4.90 Å². The number of likely N-dealkylation sites (tertiary alicyclic amines) is 1. The molecular weight excluding hydrogens is 365 g/mol. The molecule has 0 aliphatic carbocycles. The van der Waals surface area contributed by atoms with E-state index in [0.717, 1.165) is 5.56 Å². The first-order valence-electron chi connectivity index (χ1n) is 7.60. The Hall–Kier alpha value is -1.43. The largest absolute Gasteiger partial charge is 0.444 e. The zero-order valence-electron chi connectivity index (χ0n) is 13.6. The SMILES string of the molecule is CC(C)(C)OC(=O)N1CCC(C(=O)Cc2ccc(F)c(Br)c2)C1. The molecule has 1 fully saturated rings. The lowest BCUT2D eigenvalue weighted by Gasteiger charge is -2.24. The lowest BCUT2D eigenvalue weighted by Crippen LogP contribution is -2.36. The third-order valence-electron chi connectivity index (χ3n) is 3.66. The molecule has 1 unspecified atom stereocenters. The first kappa shape index (κ1) is 17.9. The number of benzene rings is 1. The average molecular weight is 386 g/mol. The molecule has 126 valence electrons. The highest BCUT2D eigenvalue weighted by atomic mass is 79.9. The molecule has 4 nitrogen and oxygen atoms in total. The first-order valence-corrected chi connectivity index (χ1v) is 8.39. The van der Waals surface area contributed by atoms with Crippen LogP contribution in [-0.2, 0) is 16.0 Å². The van der Waals surface area contributed by atoms with Gasteiger partial charge in [-0.15, -0.1) is 0 Å². The van der Waals surface area contributed by atoms with Gasteiger partial charge in [0.25, 0.3) is 0 Å². The minimum Gasteiger partial charge on any atom is -0.444 e. The zero-order chi connectivity index (χ0) is 17.2. The summed E-state index contributed by atoms with van der Waals surface area (Å²) in [5.41, 5.74) is 0.221. The van der Waals surface area contributed by atoms with Crippen molar-refractivity contribution in [2.45, 2.75) is 39.2 Å². The normalized spacial score (nSPS) is 18.1. The summed E-state index contributed by atoms with van der Waals surface area (Å²) >= 11 is 3.12. The van der Waals surface area contributed by atoms with Gasteiger partial charge in [0.1, 0.15) is 17.2 Å². The molecule has 1 aromatic rings. The van der Waals surface area contributed by atoms with E-state index in [1.54, 1.807) is 17.0 Å². The number of hydrogen-bond acceptors (Lipinski definition) is 3. The molecule has 1 atom stereocenters. The van der Waals surface area contributed by atoms with Crippen molar-refractivity contribution in [1.29, 1.82) is 0 Å². The number of carbonyl (C=O) groups is 2. The molecule has 0 bridgehead atoms. The van der Waals surface area contributed by atoms with E-state index >= 15 is 0 Å². The number of nitrogens with zero attached hydrogens (tertiary/aromatic N) is 1. The molecule has 23 heavy (non-hydrogen) atoms. The number of carbonyl (C=O) groups excluding carboxylic acids is 2. The van der Waals surface area contributed by atoms with Gasteiger partial charge in [-0.25, -0.2) is 9.18 Å². The second kappa shape index (κ2) is 6.99. The third kappa shape index (κ3) is 5.03. The van der Waals surface area contributed by atoms with Crippen LogP contribution in [0.2, 0.25) is 0 Å². The minimum atomic E-state index is -0.542. The maximum Gasteiger partial charge on any atom is 0.410 e. The predicted molar refractivity (Wildman–Crippen MR) is 88.7 cm³/mol. The smallest absolute Gasteiger partial charge is 0.410 e. The molecule has 1 aliphatic heterocycles. The van der Waals surface area contributed by atoms with E-state index < -0.39 is 5.60 Å². The van der Waals surface area contributed by atoms with Gasteiger partial charge in [0.05, 0.1) is 4.47 Å². The Labute approximate surface area is 144 Å². The first-order chi connectivity index (χ1) is 10.7. The summed E-state index contributed by atoms with van der Waals surface area (Å²) in [6, 6.07) is 4.57. The van der Waals surface area contributed by atoms with Gasteiger partial charge in [-0.3, -0.25) is 4.79 Å². The molecule has 2 rings (SSSR count). The van der Waals surface area contributed by atoms with Gasteiger partial charge in [0.15, 0.2) is 0 Å². The van der Waals surface area contributed by atoms with E-state index in [0.29, 0.717) is 24.0 Å². The van der Waals surface area contributed by atoms with Crippen LogP contribution in [0.4, 0.5) is 9.18 Å². The van der Waals surface area contributed by atoms with E-state index in [9.17, 15) is 14.0 Å². The Morgan fingerprint density at radius 1 is 1.39 bits per heavy atom. The topological polar surface area (TPSA) is 46.6 Å². The highest BCUT2D eigenvalue weighted by molar-refractivity contribution is 9.10. The summed E-state index contributed by atoms with van der Waals surface area (Å²) in [6.45, 7) is 6.36. The van der Waals surface area contributed by atoms with Gasteiger partial charge in [0.2, 0.25) is 0 Å². The number of rotatable bonds is 3. The number of amides is 1. The van der Waals surface area contributed by atoms with Crippen molar-refractivity contribution >= 4 is 27.8 Å². The molecule has 0 spiro atoms. The molecule has 1 heterocycles. The molecule has 6 heteroatoms. The van der Waals surface area contributed by atoms with Crippen molar-refractivity contribution < 1.29 is 18.7 Å². The molecule has 1 saturated heterocycles. The van der Waals surface area contributed by atoms with Gasteiger partial charge >= 0.3 is 6.09 Å². The summed E-state index contributed by atoms with van der Waals surface area (Å²) in [6.07, 6.45) is 0.504. The van der Waals surface area contributed by atoms with Crippen LogP contribution in [0.5, 0.6) is 0 Å². The third-order valence-corrected chi connectivity index (χ3v) is 4.27. The monoisotopic (exact) mass is 385 g/mol. The second-order valence-electron chi connectivity index (χ2n) is 6.80. The van der Waals surface area contributed by atoms with Crippen LogP contribution >= 0.6 is 15.9 Å². The van der Waals surface area contributed by atoms with E-state index in [1.807, 2.05) is 20.8 Å². The maximum absolute atomic E-state index is 13.2. The number of hydrogen-bond donors (Lipinski definition) is 0. The van der Waals surface area contributed by atoms with Crippen LogP contribution < -0.4 is 0 Å². The fourth-order valence-corrected chi connectivity index (χ4v) is 2.94. The summed E-state index contributed by atoms with van der Waals surface area (Å²) in [4.78, 5) is 26.0. The van der Waals surface area contributed by atoms with Gasteiger partial charge in [0, 0.05) is 25.4 Å². The molecule has 1 aromatic carbocycles. The number of ether oxygens (including phenoxy) is 1. The Morgan fingerprint density at radius 2 is 2.09 bits per heavy atom. The van der Waals surface area contributed by atoms with Crippen molar-refractivity contribution in [3.63, 3.8) is 0 Å².